The summed E-state index contributed by atoms with van der Waals surface area (Å²) in [7, 11) is 1.58. The highest BCUT2D eigenvalue weighted by atomic mass is 16.6. The van der Waals surface area contributed by atoms with E-state index in [-0.39, 0.29) is 24.0 Å². The Kier molecular flexibility index (Phi) is 10.8. The SMILES string of the molecule is COc1ccc(C[C@H](NC(=O)[C@H](C)NC(=O)CC2CCOCC2)C(=O)N[C@@H](CC2CCCC2)C(=O)[C@@]2(C)CO2)cc1. The van der Waals surface area contributed by atoms with Gasteiger partial charge in [0, 0.05) is 26.1 Å². The monoisotopic (exact) mass is 571 g/mol. The first kappa shape index (κ1) is 31.0. The van der Waals surface area contributed by atoms with Gasteiger partial charge < -0.3 is 30.2 Å². The maximum Gasteiger partial charge on any atom is 0.243 e. The molecule has 4 rings (SSSR count). The van der Waals surface area contributed by atoms with Crippen LogP contribution in [0.1, 0.15) is 70.8 Å². The van der Waals surface area contributed by atoms with Crippen molar-refractivity contribution in [3.05, 3.63) is 29.8 Å². The number of methoxy groups -OCH3 is 1. The minimum absolute atomic E-state index is 0.124. The van der Waals surface area contributed by atoms with Gasteiger partial charge in [0.05, 0.1) is 19.8 Å². The zero-order chi connectivity index (χ0) is 29.4. The lowest BCUT2D eigenvalue weighted by Crippen LogP contribution is -2.57. The van der Waals surface area contributed by atoms with Crippen molar-refractivity contribution in [1.82, 2.24) is 16.0 Å². The Hall–Kier alpha value is -2.98. The van der Waals surface area contributed by atoms with E-state index < -0.39 is 35.5 Å². The quantitative estimate of drug-likeness (QED) is 0.292. The summed E-state index contributed by atoms with van der Waals surface area (Å²) in [6, 6.07) is 4.80. The van der Waals surface area contributed by atoms with E-state index in [1.807, 2.05) is 12.1 Å². The first-order chi connectivity index (χ1) is 19.7. The van der Waals surface area contributed by atoms with E-state index in [0.717, 1.165) is 44.1 Å². The molecule has 226 valence electrons. The first-order valence-electron chi connectivity index (χ1n) is 15.0. The number of epoxide rings is 1. The predicted octanol–water partition coefficient (Wildman–Crippen LogP) is 2.47. The van der Waals surface area contributed by atoms with E-state index in [9.17, 15) is 19.2 Å². The molecule has 10 nitrogen and oxygen atoms in total. The third kappa shape index (κ3) is 9.00. The number of ketones is 1. The maximum atomic E-state index is 13.7. The van der Waals surface area contributed by atoms with Crippen LogP contribution in [-0.4, -0.2) is 74.2 Å². The Balaban J connectivity index is 1.43. The molecule has 0 bridgehead atoms. The van der Waals surface area contributed by atoms with Crippen molar-refractivity contribution < 1.29 is 33.4 Å². The second kappa shape index (κ2) is 14.3. The summed E-state index contributed by atoms with van der Waals surface area (Å²) < 4.78 is 16.0. The van der Waals surface area contributed by atoms with Gasteiger partial charge in [0.2, 0.25) is 17.7 Å². The van der Waals surface area contributed by atoms with E-state index in [1.165, 1.54) is 0 Å². The van der Waals surface area contributed by atoms with Crippen LogP contribution in [0.3, 0.4) is 0 Å². The first-order valence-corrected chi connectivity index (χ1v) is 15.0. The summed E-state index contributed by atoms with van der Waals surface area (Å²) in [6.07, 6.45) is 7.08. The number of ether oxygens (including phenoxy) is 3. The summed E-state index contributed by atoms with van der Waals surface area (Å²) in [5.41, 5.74) is -0.0484. The molecular formula is C31H45N3O7. The topological polar surface area (TPSA) is 135 Å². The van der Waals surface area contributed by atoms with Crippen LogP contribution in [0.15, 0.2) is 24.3 Å². The van der Waals surface area contributed by atoms with Crippen molar-refractivity contribution in [3.8, 4) is 5.75 Å². The van der Waals surface area contributed by atoms with Crippen LogP contribution in [0.25, 0.3) is 0 Å². The van der Waals surface area contributed by atoms with Gasteiger partial charge in [0.15, 0.2) is 5.78 Å². The van der Waals surface area contributed by atoms with E-state index >= 15 is 0 Å². The number of nitrogens with one attached hydrogen (secondary N) is 3. The molecule has 10 heteroatoms. The molecule has 1 aromatic rings. The standard InChI is InChI=1S/C31H45N3O7/c1-20(32-27(35)18-23-12-14-40-15-13-23)29(37)34-26(17-22-8-10-24(39-3)11-9-22)30(38)33-25(16-21-6-4-5-7-21)28(36)31(2)19-41-31/h8-11,20-21,23,25-26H,4-7,12-19H2,1-3H3,(H,32,35)(H,33,38)(H,34,37)/t20-,25-,26-,31+/m0/s1. The van der Waals surface area contributed by atoms with Crippen molar-refractivity contribution in [2.45, 2.75) is 95.4 Å². The summed E-state index contributed by atoms with van der Waals surface area (Å²) in [5, 5.41) is 8.58. The van der Waals surface area contributed by atoms with Crippen molar-refractivity contribution >= 4 is 23.5 Å². The average molecular weight is 572 g/mol. The van der Waals surface area contributed by atoms with Crippen molar-refractivity contribution in [2.75, 3.05) is 26.9 Å². The molecule has 1 aromatic carbocycles. The lowest BCUT2D eigenvalue weighted by atomic mass is 9.90. The molecule has 3 N–H and O–H groups in total. The largest absolute Gasteiger partial charge is 0.497 e. The molecule has 1 aliphatic carbocycles. The van der Waals surface area contributed by atoms with Gasteiger partial charge in [-0.15, -0.1) is 0 Å². The Morgan fingerprint density at radius 1 is 0.927 bits per heavy atom. The van der Waals surface area contributed by atoms with Gasteiger partial charge in [0.1, 0.15) is 23.4 Å². The van der Waals surface area contributed by atoms with Crippen LogP contribution in [0.2, 0.25) is 0 Å². The van der Waals surface area contributed by atoms with Gasteiger partial charge in [-0.3, -0.25) is 19.2 Å². The predicted molar refractivity (Wildman–Crippen MR) is 152 cm³/mol. The average Bonchev–Trinajstić information content (AvgIpc) is 3.51. The van der Waals surface area contributed by atoms with Crippen molar-refractivity contribution in [1.29, 1.82) is 0 Å². The normalized spacial score (nSPS) is 23.2. The molecule has 2 heterocycles. The van der Waals surface area contributed by atoms with Gasteiger partial charge in [-0.25, -0.2) is 0 Å². The number of carbonyl (C=O) groups excluding carboxylic acids is 4. The molecule has 0 radical (unpaired) electrons. The zero-order valence-electron chi connectivity index (χ0n) is 24.5. The van der Waals surface area contributed by atoms with E-state index in [2.05, 4.69) is 16.0 Å². The summed E-state index contributed by atoms with van der Waals surface area (Å²) in [4.78, 5) is 52.8. The van der Waals surface area contributed by atoms with Gasteiger partial charge in [0.25, 0.3) is 0 Å². The number of rotatable bonds is 14. The minimum atomic E-state index is -0.947. The summed E-state index contributed by atoms with van der Waals surface area (Å²) >= 11 is 0. The van der Waals surface area contributed by atoms with Gasteiger partial charge in [-0.05, 0) is 62.6 Å². The van der Waals surface area contributed by atoms with E-state index in [1.54, 1.807) is 33.1 Å². The molecule has 1 saturated carbocycles. The van der Waals surface area contributed by atoms with Crippen LogP contribution >= 0.6 is 0 Å². The second-order valence-electron chi connectivity index (χ2n) is 12.0. The molecule has 4 atom stereocenters. The molecule has 0 spiro atoms. The number of amides is 3. The number of Topliss-reactive ketones (excluding diaryl/α,β-unsaturated/α-hetero) is 1. The summed E-state index contributed by atoms with van der Waals surface area (Å²) in [6.45, 7) is 5.00. The van der Waals surface area contributed by atoms with Gasteiger partial charge in [-0.2, -0.15) is 0 Å². The fourth-order valence-electron chi connectivity index (χ4n) is 5.78. The van der Waals surface area contributed by atoms with E-state index in [4.69, 9.17) is 14.2 Å². The molecule has 41 heavy (non-hydrogen) atoms. The zero-order valence-corrected chi connectivity index (χ0v) is 24.5. The van der Waals surface area contributed by atoms with Crippen LogP contribution in [0, 0.1) is 11.8 Å². The lowest BCUT2D eigenvalue weighted by Gasteiger charge is -2.27. The molecule has 0 unspecified atom stereocenters. The van der Waals surface area contributed by atoms with E-state index in [0.29, 0.717) is 44.3 Å². The molecular weight excluding hydrogens is 526 g/mol. The van der Waals surface area contributed by atoms with Crippen LogP contribution in [0.4, 0.5) is 0 Å². The maximum absolute atomic E-state index is 13.7. The Bertz CT molecular complexity index is 1060. The number of hydrogen-bond acceptors (Lipinski definition) is 7. The summed E-state index contributed by atoms with van der Waals surface area (Å²) in [5.74, 6) is 0.0632. The highest BCUT2D eigenvalue weighted by molar-refractivity contribution is 5.98. The van der Waals surface area contributed by atoms with Crippen molar-refractivity contribution in [2.24, 2.45) is 11.8 Å². The smallest absolute Gasteiger partial charge is 0.243 e. The Morgan fingerprint density at radius 2 is 1.56 bits per heavy atom. The fraction of sp³-hybridized carbons (Fsp3) is 0.677. The van der Waals surface area contributed by atoms with Gasteiger partial charge >= 0.3 is 0 Å². The minimum Gasteiger partial charge on any atom is -0.497 e. The van der Waals surface area contributed by atoms with Gasteiger partial charge in [-0.1, -0.05) is 37.8 Å². The molecule has 3 aliphatic rings. The number of benzene rings is 1. The fourth-order valence-corrected chi connectivity index (χ4v) is 5.78. The third-order valence-corrected chi connectivity index (χ3v) is 8.59. The van der Waals surface area contributed by atoms with Crippen LogP contribution in [-0.2, 0) is 35.1 Å². The molecule has 3 fully saturated rings. The number of hydrogen-bond donors (Lipinski definition) is 3. The highest BCUT2D eigenvalue weighted by Gasteiger charge is 2.50. The lowest BCUT2D eigenvalue weighted by molar-refractivity contribution is -0.134. The molecule has 2 saturated heterocycles. The Labute approximate surface area is 242 Å². The second-order valence-corrected chi connectivity index (χ2v) is 12.0. The Morgan fingerprint density at radius 3 is 2.17 bits per heavy atom. The number of carbonyl (C=O) groups is 4. The molecule has 0 aromatic heterocycles. The van der Waals surface area contributed by atoms with Crippen molar-refractivity contribution in [3.63, 3.8) is 0 Å². The van der Waals surface area contributed by atoms with Crippen LogP contribution < -0.4 is 20.7 Å². The third-order valence-electron chi connectivity index (χ3n) is 8.59. The highest BCUT2D eigenvalue weighted by Crippen LogP contribution is 2.33. The van der Waals surface area contributed by atoms with Crippen LogP contribution in [0.5, 0.6) is 5.75 Å². The molecule has 3 amide bonds. The molecule has 2 aliphatic heterocycles.